The molecule has 7 nitrogen and oxygen atoms in total. The van der Waals surface area contributed by atoms with E-state index in [1.54, 1.807) is 0 Å². The molecule has 22 heavy (non-hydrogen) atoms. The molecule has 1 aliphatic carbocycles. The number of carbonyl (C=O) groups excluding carboxylic acids is 1. The third-order valence-electron chi connectivity index (χ3n) is 3.65. The third kappa shape index (κ3) is 5.09. The number of hydrogen-bond acceptors (Lipinski definition) is 6. The topological polar surface area (TPSA) is 110 Å². The van der Waals surface area contributed by atoms with Crippen molar-refractivity contribution >= 4 is 14.0 Å². The van der Waals surface area contributed by atoms with Gasteiger partial charge in [0, 0.05) is 17.8 Å². The van der Waals surface area contributed by atoms with Crippen molar-refractivity contribution in [2.75, 3.05) is 13.7 Å². The maximum absolute atomic E-state index is 11.9. The molecule has 0 aromatic heterocycles. The zero-order valence-electron chi connectivity index (χ0n) is 13.3. The van der Waals surface area contributed by atoms with Gasteiger partial charge in [0.25, 0.3) is 0 Å². The molecule has 0 aromatic carbocycles. The molecule has 0 radical (unpaired) electrons. The average molecular weight is 329 g/mol. The maximum Gasteiger partial charge on any atom is 0.309 e. The van der Waals surface area contributed by atoms with Crippen LogP contribution in [0.5, 0.6) is 0 Å². The Morgan fingerprint density at radius 1 is 1.45 bits per heavy atom. The van der Waals surface area contributed by atoms with Crippen molar-refractivity contribution in [2.45, 2.75) is 44.2 Å². The summed E-state index contributed by atoms with van der Waals surface area (Å²) in [6.07, 6.45) is -1.34. The van der Waals surface area contributed by atoms with Gasteiger partial charge in [-0.25, -0.2) is 0 Å². The van der Waals surface area contributed by atoms with E-state index in [1.807, 2.05) is 19.6 Å². The Balaban J connectivity index is 3.08. The summed E-state index contributed by atoms with van der Waals surface area (Å²) in [5.41, 5.74) is 1.51. The van der Waals surface area contributed by atoms with Crippen LogP contribution in [0.15, 0.2) is 0 Å². The van der Waals surface area contributed by atoms with Crippen LogP contribution in [0.2, 0.25) is 19.6 Å². The summed E-state index contributed by atoms with van der Waals surface area (Å²) >= 11 is 0. The Hall–Kier alpha value is -1.43. The van der Waals surface area contributed by atoms with Gasteiger partial charge in [-0.05, 0) is 0 Å². The maximum atomic E-state index is 11.9. The Morgan fingerprint density at radius 2 is 2.05 bits per heavy atom. The minimum atomic E-state index is -1.74. The fraction of sp³-hybridized carbons (Fsp3) is 0.786. The van der Waals surface area contributed by atoms with E-state index < -0.39 is 49.1 Å². The molecule has 1 saturated carbocycles. The zero-order chi connectivity index (χ0) is 17.1. The Morgan fingerprint density at radius 3 is 2.50 bits per heavy atom. The highest BCUT2D eigenvalue weighted by Crippen LogP contribution is 2.37. The summed E-state index contributed by atoms with van der Waals surface area (Å²) in [5.74, 6) is 0.290. The van der Waals surface area contributed by atoms with Gasteiger partial charge in [-0.15, -0.1) is 5.54 Å². The number of hydrogen-bond donors (Lipinski definition) is 2. The van der Waals surface area contributed by atoms with Gasteiger partial charge in [-0.2, -0.15) is 0 Å². The van der Waals surface area contributed by atoms with Gasteiger partial charge >= 0.3 is 5.97 Å². The Bertz CT molecular complexity index is 506. The van der Waals surface area contributed by atoms with E-state index in [2.05, 4.69) is 16.2 Å². The molecular weight excluding hydrogens is 306 g/mol. The molecule has 2 N–H and O–H groups in total. The van der Waals surface area contributed by atoms with E-state index in [0.717, 1.165) is 0 Å². The highest BCUT2D eigenvalue weighted by molar-refractivity contribution is 6.83. The largest absolute Gasteiger partial charge is 0.469 e. The molecular formula is C14H23NO6Si. The van der Waals surface area contributed by atoms with E-state index >= 15 is 0 Å². The first-order valence-electron chi connectivity index (χ1n) is 7.12. The fourth-order valence-electron chi connectivity index (χ4n) is 2.60. The molecule has 1 aliphatic rings. The number of rotatable bonds is 3. The molecule has 0 heterocycles. The quantitative estimate of drug-likeness (QED) is 0.255. The van der Waals surface area contributed by atoms with Crippen LogP contribution in [-0.2, 0) is 9.53 Å². The first kappa shape index (κ1) is 18.6. The van der Waals surface area contributed by atoms with E-state index in [4.69, 9.17) is 0 Å². The number of carbonyl (C=O) groups is 1. The predicted molar refractivity (Wildman–Crippen MR) is 82.2 cm³/mol. The second kappa shape index (κ2) is 6.77. The van der Waals surface area contributed by atoms with Crippen LogP contribution >= 0.6 is 0 Å². The molecule has 1 fully saturated rings. The fourth-order valence-corrected chi connectivity index (χ4v) is 3.21. The molecule has 1 rings (SSSR count). The molecule has 0 saturated heterocycles. The summed E-state index contributed by atoms with van der Waals surface area (Å²) in [6, 6.07) is 0. The van der Waals surface area contributed by atoms with Crippen LogP contribution in [0, 0.1) is 33.4 Å². The second-order valence-corrected chi connectivity index (χ2v) is 11.6. The van der Waals surface area contributed by atoms with E-state index in [9.17, 15) is 25.1 Å². The predicted octanol–water partition coefficient (Wildman–Crippen LogP) is 0.435. The van der Waals surface area contributed by atoms with Gasteiger partial charge in [0.05, 0.1) is 25.0 Å². The summed E-state index contributed by atoms with van der Waals surface area (Å²) in [5, 5.41) is 31.5. The van der Waals surface area contributed by atoms with Crippen LogP contribution < -0.4 is 0 Å². The van der Waals surface area contributed by atoms with Crippen molar-refractivity contribution < 1.29 is 24.7 Å². The summed E-state index contributed by atoms with van der Waals surface area (Å²) < 4.78 is 4.67. The molecule has 0 amide bonds. The number of esters is 1. The smallest absolute Gasteiger partial charge is 0.309 e. The lowest BCUT2D eigenvalue weighted by Crippen LogP contribution is -2.51. The molecule has 4 unspecified atom stereocenters. The highest BCUT2D eigenvalue weighted by atomic mass is 28.3. The Labute approximate surface area is 130 Å². The zero-order valence-corrected chi connectivity index (χ0v) is 14.3. The number of aliphatic hydroxyl groups excluding tert-OH is 1. The monoisotopic (exact) mass is 329 g/mol. The van der Waals surface area contributed by atoms with Crippen molar-refractivity contribution in [3.8, 4) is 11.5 Å². The van der Waals surface area contributed by atoms with Crippen molar-refractivity contribution in [3.63, 3.8) is 0 Å². The van der Waals surface area contributed by atoms with Crippen molar-refractivity contribution in [3.05, 3.63) is 10.1 Å². The van der Waals surface area contributed by atoms with Crippen molar-refractivity contribution in [2.24, 2.45) is 11.8 Å². The summed E-state index contributed by atoms with van der Waals surface area (Å²) in [6.45, 7) is 5.49. The highest BCUT2D eigenvalue weighted by Gasteiger charge is 2.49. The average Bonchev–Trinajstić information content (AvgIpc) is 2.38. The number of aliphatic hydroxyl groups is 2. The van der Waals surface area contributed by atoms with Crippen LogP contribution in [0.4, 0.5) is 0 Å². The summed E-state index contributed by atoms with van der Waals surface area (Å²) in [7, 11) is -0.558. The molecule has 0 bridgehead atoms. The minimum absolute atomic E-state index is 0.0628. The SMILES string of the molecule is COC(=O)C1CC(O)(C#C[Si](C)(C)C)CC(O)C1C[N+](=O)[O-]. The second-order valence-electron chi connectivity index (χ2n) is 6.82. The third-order valence-corrected chi connectivity index (χ3v) is 4.52. The van der Waals surface area contributed by atoms with Crippen LogP contribution in [0.1, 0.15) is 12.8 Å². The number of nitrogens with zero attached hydrogens (tertiary/aromatic N) is 1. The van der Waals surface area contributed by atoms with Crippen LogP contribution in [-0.4, -0.2) is 54.5 Å². The van der Waals surface area contributed by atoms with Crippen LogP contribution in [0.25, 0.3) is 0 Å². The van der Waals surface area contributed by atoms with Gasteiger partial charge in [0.2, 0.25) is 6.54 Å². The van der Waals surface area contributed by atoms with Crippen LogP contribution in [0.3, 0.4) is 0 Å². The number of methoxy groups -OCH3 is 1. The Kier molecular flexibility index (Phi) is 5.73. The molecule has 0 aromatic rings. The minimum Gasteiger partial charge on any atom is -0.469 e. The lowest BCUT2D eigenvalue weighted by atomic mass is 9.70. The molecule has 4 atom stereocenters. The number of ether oxygens (including phenoxy) is 1. The van der Waals surface area contributed by atoms with Gasteiger partial charge < -0.3 is 14.9 Å². The molecule has 8 heteroatoms. The van der Waals surface area contributed by atoms with E-state index in [-0.39, 0.29) is 12.8 Å². The van der Waals surface area contributed by atoms with E-state index in [0.29, 0.717) is 0 Å². The molecule has 0 aliphatic heterocycles. The van der Waals surface area contributed by atoms with Gasteiger partial charge in [0.1, 0.15) is 13.7 Å². The van der Waals surface area contributed by atoms with Crippen molar-refractivity contribution in [1.82, 2.24) is 0 Å². The first-order valence-corrected chi connectivity index (χ1v) is 10.6. The van der Waals surface area contributed by atoms with Gasteiger partial charge in [-0.3, -0.25) is 14.9 Å². The normalized spacial score (nSPS) is 31.8. The molecule has 124 valence electrons. The van der Waals surface area contributed by atoms with Gasteiger partial charge in [-0.1, -0.05) is 25.6 Å². The molecule has 0 spiro atoms. The summed E-state index contributed by atoms with van der Waals surface area (Å²) in [4.78, 5) is 22.1. The lowest BCUT2D eigenvalue weighted by molar-refractivity contribution is -0.493. The first-order chi connectivity index (χ1) is 9.97. The van der Waals surface area contributed by atoms with Gasteiger partial charge in [0.15, 0.2) is 0 Å². The number of nitro groups is 1. The standard InChI is InChI=1S/C14H23NO6Si/c1-21-13(17)10-7-14(18,5-6-22(2,3)4)8-12(16)11(10)9-15(19)20/h10-12,16,18H,7-9H2,1-4H3. The van der Waals surface area contributed by atoms with Crippen molar-refractivity contribution in [1.29, 1.82) is 0 Å². The lowest BCUT2D eigenvalue weighted by Gasteiger charge is -2.39. The van der Waals surface area contributed by atoms with E-state index in [1.165, 1.54) is 7.11 Å².